The molecular weight excluding hydrogens is 384 g/mol. The summed E-state index contributed by atoms with van der Waals surface area (Å²) in [5, 5.41) is 0. The molecule has 1 aliphatic carbocycles. The maximum absolute atomic E-state index is 13.2. The first-order valence-electron chi connectivity index (χ1n) is 9.28. The Hall–Kier alpha value is -3.80. The van der Waals surface area contributed by atoms with Crippen LogP contribution in [0.3, 0.4) is 0 Å². The van der Waals surface area contributed by atoms with Gasteiger partial charge in [-0.15, -0.1) is 0 Å². The minimum atomic E-state index is -0.748. The molecule has 152 valence electrons. The summed E-state index contributed by atoms with van der Waals surface area (Å²) in [6.07, 6.45) is 2.51. The van der Waals surface area contributed by atoms with Gasteiger partial charge in [0.2, 0.25) is 0 Å². The highest BCUT2D eigenvalue weighted by Gasteiger charge is 2.34. The number of hydrogen-bond acceptors (Lipinski definition) is 6. The molecule has 0 radical (unpaired) electrons. The van der Waals surface area contributed by atoms with Crippen molar-refractivity contribution in [3.8, 4) is 11.5 Å². The van der Waals surface area contributed by atoms with E-state index in [1.165, 1.54) is 30.4 Å². The number of rotatable bonds is 4. The zero-order chi connectivity index (χ0) is 22.0. The molecule has 0 atom stereocenters. The lowest BCUT2D eigenvalue weighted by atomic mass is 9.83. The molecule has 0 fully saturated rings. The summed E-state index contributed by atoms with van der Waals surface area (Å²) in [4.78, 5) is 50.6. The molecule has 6 nitrogen and oxygen atoms in total. The van der Waals surface area contributed by atoms with E-state index in [1.54, 1.807) is 45.9 Å². The standard InChI is InChI=1S/C24H20O6/c1-13(2)11-19(25)29-18-10-9-17-21(24(18)30-20(26)12-14(3)4)23(28)16-8-6-5-7-15(16)22(17)27/h5-12H,1-4H3. The second-order valence-corrected chi connectivity index (χ2v) is 7.30. The van der Waals surface area contributed by atoms with Gasteiger partial charge in [-0.25, -0.2) is 9.59 Å². The molecule has 0 heterocycles. The molecule has 0 bridgehead atoms. The molecule has 0 spiro atoms. The van der Waals surface area contributed by atoms with Crippen molar-refractivity contribution in [2.75, 3.05) is 0 Å². The first-order chi connectivity index (χ1) is 14.2. The van der Waals surface area contributed by atoms with Crippen molar-refractivity contribution in [3.05, 3.63) is 82.0 Å². The van der Waals surface area contributed by atoms with Crippen LogP contribution in [-0.4, -0.2) is 23.5 Å². The van der Waals surface area contributed by atoms with E-state index >= 15 is 0 Å². The lowest BCUT2D eigenvalue weighted by molar-refractivity contribution is -0.131. The Labute approximate surface area is 173 Å². The second kappa shape index (κ2) is 8.29. The number of carbonyl (C=O) groups is 4. The van der Waals surface area contributed by atoms with E-state index in [-0.39, 0.29) is 39.5 Å². The topological polar surface area (TPSA) is 86.7 Å². The first-order valence-corrected chi connectivity index (χ1v) is 9.28. The Morgan fingerprint density at radius 1 is 0.700 bits per heavy atom. The number of hydrogen-bond donors (Lipinski definition) is 0. The third-order valence-electron chi connectivity index (χ3n) is 4.24. The molecule has 30 heavy (non-hydrogen) atoms. The summed E-state index contributed by atoms with van der Waals surface area (Å²) >= 11 is 0. The summed E-state index contributed by atoms with van der Waals surface area (Å²) in [6, 6.07) is 9.15. The maximum atomic E-state index is 13.2. The molecule has 2 aromatic carbocycles. The molecule has 0 amide bonds. The largest absolute Gasteiger partial charge is 0.419 e. The summed E-state index contributed by atoms with van der Waals surface area (Å²) < 4.78 is 10.7. The van der Waals surface area contributed by atoms with Gasteiger partial charge in [0.15, 0.2) is 23.1 Å². The average molecular weight is 404 g/mol. The fourth-order valence-corrected chi connectivity index (χ4v) is 3.06. The van der Waals surface area contributed by atoms with Gasteiger partial charge in [-0.3, -0.25) is 9.59 Å². The number of fused-ring (bicyclic) bond motifs is 2. The molecule has 0 aliphatic heterocycles. The molecule has 1 aliphatic rings. The van der Waals surface area contributed by atoms with E-state index in [0.717, 1.165) is 0 Å². The highest BCUT2D eigenvalue weighted by molar-refractivity contribution is 6.29. The summed E-state index contributed by atoms with van der Waals surface area (Å²) in [5.41, 5.74) is 1.84. The Kier molecular flexibility index (Phi) is 5.78. The number of ketones is 2. The van der Waals surface area contributed by atoms with Crippen molar-refractivity contribution in [3.63, 3.8) is 0 Å². The van der Waals surface area contributed by atoms with Gasteiger partial charge in [0.1, 0.15) is 0 Å². The predicted octanol–water partition coefficient (Wildman–Crippen LogP) is 4.21. The van der Waals surface area contributed by atoms with Crippen molar-refractivity contribution in [2.45, 2.75) is 27.7 Å². The molecular formula is C24H20O6. The van der Waals surface area contributed by atoms with Crippen LogP contribution in [0.2, 0.25) is 0 Å². The third-order valence-corrected chi connectivity index (χ3v) is 4.24. The van der Waals surface area contributed by atoms with E-state index in [4.69, 9.17) is 9.47 Å². The molecule has 6 heteroatoms. The van der Waals surface area contributed by atoms with E-state index < -0.39 is 17.7 Å². The van der Waals surface area contributed by atoms with Crippen LogP contribution in [0.5, 0.6) is 11.5 Å². The molecule has 3 rings (SSSR count). The van der Waals surface area contributed by atoms with Gasteiger partial charge in [-0.1, -0.05) is 35.4 Å². The Morgan fingerprint density at radius 3 is 1.80 bits per heavy atom. The first kappa shape index (κ1) is 20.9. The Balaban J connectivity index is 2.19. The van der Waals surface area contributed by atoms with Gasteiger partial charge in [0.25, 0.3) is 0 Å². The van der Waals surface area contributed by atoms with Crippen molar-refractivity contribution in [1.29, 1.82) is 0 Å². The number of ether oxygens (including phenoxy) is 2. The van der Waals surface area contributed by atoms with Crippen LogP contribution in [0.25, 0.3) is 0 Å². The second-order valence-electron chi connectivity index (χ2n) is 7.30. The Morgan fingerprint density at radius 2 is 1.23 bits per heavy atom. The van der Waals surface area contributed by atoms with Crippen LogP contribution >= 0.6 is 0 Å². The summed E-state index contributed by atoms with van der Waals surface area (Å²) in [6.45, 7) is 6.87. The molecule has 0 unspecified atom stereocenters. The summed E-state index contributed by atoms with van der Waals surface area (Å²) in [5.74, 6) is -2.67. The SMILES string of the molecule is CC(C)=CC(=O)Oc1ccc2c(c1OC(=O)C=C(C)C)C(=O)c1ccccc1C2=O. The fraction of sp³-hybridized carbons (Fsp3) is 0.167. The van der Waals surface area contributed by atoms with Crippen molar-refractivity contribution >= 4 is 23.5 Å². The van der Waals surface area contributed by atoms with E-state index in [1.807, 2.05) is 0 Å². The van der Waals surface area contributed by atoms with Crippen LogP contribution in [0.1, 0.15) is 59.5 Å². The zero-order valence-corrected chi connectivity index (χ0v) is 17.1. The number of esters is 2. The normalized spacial score (nSPS) is 11.7. The summed E-state index contributed by atoms with van der Waals surface area (Å²) in [7, 11) is 0. The average Bonchev–Trinajstić information content (AvgIpc) is 2.66. The van der Waals surface area contributed by atoms with Crippen molar-refractivity contribution in [1.82, 2.24) is 0 Å². The number of benzene rings is 2. The van der Waals surface area contributed by atoms with Crippen LogP contribution in [0, 0.1) is 0 Å². The number of carbonyl (C=O) groups excluding carboxylic acids is 4. The van der Waals surface area contributed by atoms with Crippen molar-refractivity contribution < 1.29 is 28.7 Å². The van der Waals surface area contributed by atoms with Gasteiger partial charge < -0.3 is 9.47 Å². The van der Waals surface area contributed by atoms with Gasteiger partial charge in [0, 0.05) is 28.8 Å². The van der Waals surface area contributed by atoms with E-state index in [0.29, 0.717) is 11.1 Å². The lowest BCUT2D eigenvalue weighted by Gasteiger charge is -2.21. The van der Waals surface area contributed by atoms with Gasteiger partial charge in [-0.2, -0.15) is 0 Å². The zero-order valence-electron chi connectivity index (χ0n) is 17.1. The molecule has 0 saturated carbocycles. The van der Waals surface area contributed by atoms with Crippen molar-refractivity contribution in [2.24, 2.45) is 0 Å². The smallest absolute Gasteiger partial charge is 0.336 e. The minimum Gasteiger partial charge on any atom is -0.419 e. The van der Waals surface area contributed by atoms with Gasteiger partial charge in [0.05, 0.1) is 5.56 Å². The van der Waals surface area contributed by atoms with Crippen LogP contribution in [0.4, 0.5) is 0 Å². The lowest BCUT2D eigenvalue weighted by Crippen LogP contribution is -2.23. The highest BCUT2D eigenvalue weighted by atomic mass is 16.6. The predicted molar refractivity (Wildman–Crippen MR) is 110 cm³/mol. The van der Waals surface area contributed by atoms with Crippen LogP contribution in [0.15, 0.2) is 59.7 Å². The molecule has 0 N–H and O–H groups in total. The molecule has 2 aromatic rings. The van der Waals surface area contributed by atoms with Gasteiger partial charge >= 0.3 is 11.9 Å². The maximum Gasteiger partial charge on any atom is 0.336 e. The minimum absolute atomic E-state index is 0.0840. The Bertz CT molecular complexity index is 1140. The third kappa shape index (κ3) is 4.12. The number of allylic oxidation sites excluding steroid dienone is 2. The monoisotopic (exact) mass is 404 g/mol. The van der Waals surface area contributed by atoms with Gasteiger partial charge in [-0.05, 0) is 39.8 Å². The van der Waals surface area contributed by atoms with E-state index in [2.05, 4.69) is 0 Å². The molecule has 0 aromatic heterocycles. The van der Waals surface area contributed by atoms with E-state index in [9.17, 15) is 19.2 Å². The quantitative estimate of drug-likeness (QED) is 0.368. The van der Waals surface area contributed by atoms with Crippen LogP contribution < -0.4 is 9.47 Å². The molecule has 0 saturated heterocycles. The van der Waals surface area contributed by atoms with Crippen LogP contribution in [-0.2, 0) is 9.59 Å². The highest BCUT2D eigenvalue weighted by Crippen LogP contribution is 2.40. The fourth-order valence-electron chi connectivity index (χ4n) is 3.06.